The van der Waals surface area contributed by atoms with Gasteiger partial charge in [0.25, 0.3) is 0 Å². The summed E-state index contributed by atoms with van der Waals surface area (Å²) in [5.74, 6) is -2.72. The monoisotopic (exact) mass is 575 g/mol. The van der Waals surface area contributed by atoms with Gasteiger partial charge in [0, 0.05) is 38.7 Å². The van der Waals surface area contributed by atoms with Crippen LogP contribution in [0.5, 0.6) is 0 Å². The molecule has 0 spiro atoms. The van der Waals surface area contributed by atoms with Gasteiger partial charge >= 0.3 is 30.0 Å². The molecule has 3 rings (SSSR count). The van der Waals surface area contributed by atoms with E-state index >= 15 is 0 Å². The zero-order chi connectivity index (χ0) is 31.1. The molecule has 4 N–H and O–H groups in total. The van der Waals surface area contributed by atoms with Crippen LogP contribution in [0.15, 0.2) is 53.0 Å². The van der Waals surface area contributed by atoms with E-state index in [1.807, 2.05) is 24.3 Å². The minimum atomic E-state index is -2.99. The topological polar surface area (TPSA) is 61.3 Å². The second-order valence-corrected chi connectivity index (χ2v) is 5.91. The number of para-hydroxylation sites is 2. The van der Waals surface area contributed by atoms with Gasteiger partial charge in [0.1, 0.15) is 0 Å². The molecule has 154 valence electrons. The first-order valence-corrected chi connectivity index (χ1v) is 16.0. The first kappa shape index (κ1) is 14.6. The van der Waals surface area contributed by atoms with Gasteiger partial charge in [0.05, 0.1) is 0 Å². The Bertz CT molecular complexity index is 897. The van der Waals surface area contributed by atoms with E-state index in [4.69, 9.17) is 31.3 Å². The fraction of sp³-hybridized carbons (Fsp3) is 0.409. The fourth-order valence-electron chi connectivity index (χ4n) is 1.71. The number of benzene rings is 2. The van der Waals surface area contributed by atoms with Crippen LogP contribution in [0.1, 0.15) is 66.9 Å². The van der Waals surface area contributed by atoms with Crippen LogP contribution >= 0.6 is 29.6 Å². The van der Waals surface area contributed by atoms with E-state index in [0.717, 1.165) is 23.4 Å². The zero-order valence-electron chi connectivity index (χ0n) is 27.0. The van der Waals surface area contributed by atoms with E-state index in [9.17, 15) is 0 Å². The molecular weight excluding hydrogens is 533 g/mol. The van der Waals surface area contributed by atoms with Gasteiger partial charge in [0.15, 0.2) is 0 Å². The second kappa shape index (κ2) is 21.3. The van der Waals surface area contributed by atoms with E-state index in [-0.39, 0.29) is 17.6 Å². The number of halogens is 2. The van der Waals surface area contributed by atoms with Crippen molar-refractivity contribution in [2.24, 2.45) is 0 Å². The molecule has 0 amide bonds. The van der Waals surface area contributed by atoms with E-state index in [0.29, 0.717) is 0 Å². The molecule has 1 aliphatic heterocycles. The normalized spacial score (nSPS) is 19.1. The molecule has 1 aliphatic rings. The molecule has 1 saturated heterocycles. The number of hydrogen-bond acceptors (Lipinski definition) is 3. The fourth-order valence-corrected chi connectivity index (χ4v) is 1.99. The van der Waals surface area contributed by atoms with Crippen LogP contribution < -0.4 is 11.5 Å². The Labute approximate surface area is 212 Å². The third kappa shape index (κ3) is 16.5. The summed E-state index contributed by atoms with van der Waals surface area (Å²) >= 11 is 7.52. The van der Waals surface area contributed by atoms with Gasteiger partial charge in [-0.1, -0.05) is 44.0 Å². The molecule has 0 atom stereocenters. The molecule has 0 saturated carbocycles. The summed E-state index contributed by atoms with van der Waals surface area (Å²) in [6, 6.07) is 13.3. The maximum absolute atomic E-state index is 7.90. The quantitative estimate of drug-likeness (QED) is 0.212. The van der Waals surface area contributed by atoms with Crippen LogP contribution in [0.3, 0.4) is 0 Å². The van der Waals surface area contributed by atoms with Crippen molar-refractivity contribution >= 4 is 40.9 Å². The molecular formula is C22H34Br2N2OZn. The molecule has 6 heteroatoms. The van der Waals surface area contributed by atoms with Crippen molar-refractivity contribution in [1.29, 1.82) is 0 Å². The van der Waals surface area contributed by atoms with Crippen molar-refractivity contribution in [1.82, 2.24) is 0 Å². The van der Waals surface area contributed by atoms with Crippen molar-refractivity contribution < 1.29 is 36.2 Å². The molecule has 0 aliphatic carbocycles. The predicted molar refractivity (Wildman–Crippen MR) is 128 cm³/mol. The summed E-state index contributed by atoms with van der Waals surface area (Å²) in [5.41, 5.74) is 11.6. The SMILES string of the molecule is C1CCOC1.Nc1ccccc1Br.[2H]C([2H])([2H])C([2H])(c1ccccc1N)C([2H])([2H])[2H].[2H][C-](C)C([2H])([2H])[2H].[Zn+][Br]. The van der Waals surface area contributed by atoms with Gasteiger partial charge in [-0.25, -0.2) is 1.37 Å². The van der Waals surface area contributed by atoms with Gasteiger partial charge in [-0.15, -0.1) is 0 Å². The van der Waals surface area contributed by atoms with Gasteiger partial charge in [-0.3, -0.25) is 0 Å². The van der Waals surface area contributed by atoms with Crippen molar-refractivity contribution in [2.45, 2.75) is 46.2 Å². The van der Waals surface area contributed by atoms with Crippen molar-refractivity contribution in [3.63, 3.8) is 0 Å². The third-order valence-corrected chi connectivity index (χ3v) is 3.68. The summed E-state index contributed by atoms with van der Waals surface area (Å²) in [5, 5.41) is 0. The molecule has 0 unspecified atom stereocenters. The van der Waals surface area contributed by atoms with Crippen LogP contribution in [-0.4, -0.2) is 13.2 Å². The van der Waals surface area contributed by atoms with Crippen LogP contribution in [0.25, 0.3) is 0 Å². The number of hydrogen-bond donors (Lipinski definition) is 2. The van der Waals surface area contributed by atoms with E-state index in [1.165, 1.54) is 54.3 Å². The maximum atomic E-state index is 7.90. The van der Waals surface area contributed by atoms with Crippen LogP contribution in [0.2, 0.25) is 0 Å². The molecule has 0 bridgehead atoms. The van der Waals surface area contributed by atoms with Crippen molar-refractivity contribution in [2.75, 3.05) is 24.7 Å². The molecule has 3 nitrogen and oxygen atoms in total. The van der Waals surface area contributed by atoms with Crippen molar-refractivity contribution in [3.8, 4) is 0 Å². The minimum absolute atomic E-state index is 0.00486. The summed E-state index contributed by atoms with van der Waals surface area (Å²) in [4.78, 5) is 0. The van der Waals surface area contributed by atoms with Gasteiger partial charge in [0.2, 0.25) is 0 Å². The molecule has 2 aromatic carbocycles. The number of nitrogens with two attached hydrogens (primary N) is 2. The number of anilines is 2. The second-order valence-electron chi connectivity index (χ2n) is 5.05. The number of nitrogen functional groups attached to an aromatic ring is 2. The van der Waals surface area contributed by atoms with Crippen molar-refractivity contribution in [3.05, 3.63) is 65.0 Å². The average molecular weight is 579 g/mol. The molecule has 2 aromatic rings. The first-order chi connectivity index (χ1) is 17.8. The van der Waals surface area contributed by atoms with E-state index in [2.05, 4.69) is 29.6 Å². The standard InChI is InChI=1S/C9H13N.C6H6BrN.C4H8O.C3H7.BrH.Zn/c1-7(2)8-5-3-4-6-9(8)10;7-5-3-1-2-4-6(5)8;1-2-4-5-3-1;1-3-2;;/h3-7H,10H2,1-2H3;1-4H,8H2;1-4H2;3H,1-2H3;1H;/q;;;-1;;+2/p-1/i1D3,2D3,7D;;;1D3,3D;;. The summed E-state index contributed by atoms with van der Waals surface area (Å²) < 4.78 is 83.7. The Morgan fingerprint density at radius 2 is 1.57 bits per heavy atom. The summed E-state index contributed by atoms with van der Waals surface area (Å²) in [7, 11) is 0. The van der Waals surface area contributed by atoms with E-state index in [1.54, 1.807) is 6.07 Å². The zero-order valence-corrected chi connectivity index (χ0v) is 22.1. The van der Waals surface area contributed by atoms with Crippen LogP contribution in [0.4, 0.5) is 11.4 Å². The predicted octanol–water partition coefficient (Wildman–Crippen LogP) is 7.29. The Kier molecular flexibility index (Phi) is 11.1. The average Bonchev–Trinajstić information content (AvgIpc) is 3.41. The third-order valence-electron chi connectivity index (χ3n) is 2.96. The van der Waals surface area contributed by atoms with E-state index < -0.39 is 26.4 Å². The Hall–Kier alpha value is -0.417. The Morgan fingerprint density at radius 3 is 1.89 bits per heavy atom. The van der Waals surface area contributed by atoms with Gasteiger partial charge in [-0.2, -0.15) is 13.8 Å². The summed E-state index contributed by atoms with van der Waals surface area (Å²) in [6.07, 6.45) is 2.30. The van der Waals surface area contributed by atoms with Gasteiger partial charge < -0.3 is 22.6 Å². The molecule has 1 fully saturated rings. The van der Waals surface area contributed by atoms with Crippen LogP contribution in [-0.2, 0) is 21.1 Å². The Balaban J connectivity index is 0. The number of rotatable bonds is 1. The molecule has 1 heterocycles. The first-order valence-electron chi connectivity index (χ1n) is 13.8. The van der Waals surface area contributed by atoms with Crippen LogP contribution in [0, 0.1) is 6.40 Å². The molecule has 0 aromatic heterocycles. The molecule has 28 heavy (non-hydrogen) atoms. The Morgan fingerprint density at radius 1 is 1.07 bits per heavy atom. The summed E-state index contributed by atoms with van der Waals surface area (Å²) in [6.45, 7) is -4.88. The van der Waals surface area contributed by atoms with Gasteiger partial charge in [-0.05, 0) is 62.5 Å². The molecule has 0 radical (unpaired) electrons. The number of ether oxygens (including phenoxy) is 1.